The van der Waals surface area contributed by atoms with Crippen LogP contribution < -0.4 is 19.3 Å². The Balaban J connectivity index is 0.000000559. The van der Waals surface area contributed by atoms with E-state index in [4.69, 9.17) is 24.5 Å². The first kappa shape index (κ1) is 30.7. The van der Waals surface area contributed by atoms with Gasteiger partial charge in [-0.2, -0.15) is 13.2 Å². The van der Waals surface area contributed by atoms with Crippen molar-refractivity contribution in [2.24, 2.45) is 0 Å². The molecule has 1 atom stereocenters. The number of halogens is 6. The Labute approximate surface area is 225 Å². The Morgan fingerprint density at radius 2 is 1.60 bits per heavy atom. The van der Waals surface area contributed by atoms with Crippen molar-refractivity contribution in [1.82, 2.24) is 0 Å². The Kier molecular flexibility index (Phi) is 9.64. The van der Waals surface area contributed by atoms with Gasteiger partial charge < -0.3 is 29.5 Å². The predicted molar refractivity (Wildman–Crippen MR) is 132 cm³/mol. The molecular formula is C26H28F6N2O6. The van der Waals surface area contributed by atoms with Gasteiger partial charge in [-0.05, 0) is 36.4 Å². The van der Waals surface area contributed by atoms with Gasteiger partial charge in [-0.15, -0.1) is 0 Å². The van der Waals surface area contributed by atoms with Gasteiger partial charge in [0.25, 0.3) is 5.92 Å². The largest absolute Gasteiger partial charge is 0.497 e. The van der Waals surface area contributed by atoms with Gasteiger partial charge in [-0.3, -0.25) is 4.79 Å². The summed E-state index contributed by atoms with van der Waals surface area (Å²) < 4.78 is 85.0. The number of anilines is 2. The maximum atomic E-state index is 14.2. The molecule has 0 bridgehead atoms. The molecule has 0 unspecified atom stereocenters. The fourth-order valence-corrected chi connectivity index (χ4v) is 4.57. The Morgan fingerprint density at radius 1 is 1.02 bits per heavy atom. The van der Waals surface area contributed by atoms with Crippen molar-refractivity contribution in [3.05, 3.63) is 48.3 Å². The average molecular weight is 579 g/mol. The predicted octanol–water partition coefficient (Wildman–Crippen LogP) is 5.20. The zero-order chi connectivity index (χ0) is 29.7. The van der Waals surface area contributed by atoms with Crippen LogP contribution in [0.3, 0.4) is 0 Å². The van der Waals surface area contributed by atoms with Crippen molar-refractivity contribution in [3.8, 4) is 11.5 Å². The van der Waals surface area contributed by atoms with Gasteiger partial charge in [-0.25, -0.2) is 18.0 Å². The van der Waals surface area contributed by atoms with E-state index in [9.17, 15) is 31.1 Å². The van der Waals surface area contributed by atoms with Crippen LogP contribution in [0, 0.1) is 5.82 Å². The first-order valence-electron chi connectivity index (χ1n) is 12.2. The van der Waals surface area contributed by atoms with Gasteiger partial charge in [-0.1, -0.05) is 0 Å². The number of rotatable bonds is 7. The highest BCUT2D eigenvalue weighted by Gasteiger charge is 2.45. The standard InChI is InChI=1S/C24H27F3N2O4.C2HF3O2/c1-32-20-6-7-21(25)22(13-20)28-10-8-19(9-11-28)33-18-4-2-16(3-5-18)29-15-24(26,27)14-17(29)12-23(30)31;3-2(4,5)1(6)7/h2-7,13,17,19H,8-12,14-15H2,1H3,(H,30,31);(H,6,7)/t17-;/m0./s1. The number of carboxylic acids is 2. The number of benzene rings is 2. The molecule has 2 aliphatic rings. The second-order valence-corrected chi connectivity index (χ2v) is 9.36. The van der Waals surface area contributed by atoms with Crippen LogP contribution in [0.15, 0.2) is 42.5 Å². The summed E-state index contributed by atoms with van der Waals surface area (Å²) >= 11 is 0. The number of nitrogens with zero attached hydrogens (tertiary/aromatic N) is 2. The van der Waals surface area contributed by atoms with Crippen LogP contribution in [0.5, 0.6) is 11.5 Å². The first-order valence-corrected chi connectivity index (χ1v) is 12.2. The van der Waals surface area contributed by atoms with Gasteiger partial charge in [0.05, 0.1) is 25.8 Å². The fraction of sp³-hybridized carbons (Fsp3) is 0.462. The highest BCUT2D eigenvalue weighted by molar-refractivity contribution is 5.73. The van der Waals surface area contributed by atoms with Crippen LogP contribution in [0.25, 0.3) is 0 Å². The van der Waals surface area contributed by atoms with E-state index < -0.39 is 43.0 Å². The maximum Gasteiger partial charge on any atom is 0.490 e. The number of alkyl halides is 5. The van der Waals surface area contributed by atoms with E-state index in [1.807, 2.05) is 4.90 Å². The summed E-state index contributed by atoms with van der Waals surface area (Å²) in [7, 11) is 1.55. The molecule has 2 aromatic carbocycles. The quantitative estimate of drug-likeness (QED) is 0.433. The number of hydrogen-bond donors (Lipinski definition) is 2. The second-order valence-electron chi connectivity index (χ2n) is 9.36. The summed E-state index contributed by atoms with van der Waals surface area (Å²) in [5.41, 5.74) is 1.06. The summed E-state index contributed by atoms with van der Waals surface area (Å²) in [6.45, 7) is 0.767. The van der Waals surface area contributed by atoms with Crippen LogP contribution in [0.1, 0.15) is 25.7 Å². The number of piperidine rings is 1. The fourth-order valence-electron chi connectivity index (χ4n) is 4.57. The number of hydrogen-bond acceptors (Lipinski definition) is 6. The lowest BCUT2D eigenvalue weighted by Crippen LogP contribution is -2.38. The van der Waals surface area contributed by atoms with Gasteiger partial charge in [0.2, 0.25) is 0 Å². The molecule has 2 aliphatic heterocycles. The third-order valence-electron chi connectivity index (χ3n) is 6.44. The molecule has 0 radical (unpaired) electrons. The van der Waals surface area contributed by atoms with E-state index in [1.54, 1.807) is 43.5 Å². The molecule has 8 nitrogen and oxygen atoms in total. The van der Waals surface area contributed by atoms with Gasteiger partial charge >= 0.3 is 18.1 Å². The zero-order valence-corrected chi connectivity index (χ0v) is 21.3. The smallest absolute Gasteiger partial charge is 0.490 e. The molecule has 14 heteroatoms. The normalized spacial score (nSPS) is 19.0. The van der Waals surface area contributed by atoms with Crippen LogP contribution in [-0.4, -0.2) is 73.1 Å². The average Bonchev–Trinajstić information content (AvgIpc) is 3.18. The number of aliphatic carboxylic acids is 2. The molecule has 0 amide bonds. The molecule has 0 aliphatic carbocycles. The summed E-state index contributed by atoms with van der Waals surface area (Å²) in [6.07, 6.45) is -4.52. The van der Waals surface area contributed by atoms with Gasteiger partial charge in [0.15, 0.2) is 0 Å². The number of methoxy groups -OCH3 is 1. The maximum absolute atomic E-state index is 14.2. The number of carbonyl (C=O) groups is 2. The molecule has 2 saturated heterocycles. The van der Waals surface area contributed by atoms with Crippen molar-refractivity contribution in [1.29, 1.82) is 0 Å². The minimum absolute atomic E-state index is 0.0448. The second kappa shape index (κ2) is 12.6. The zero-order valence-electron chi connectivity index (χ0n) is 21.3. The van der Waals surface area contributed by atoms with Gasteiger partial charge in [0, 0.05) is 50.1 Å². The van der Waals surface area contributed by atoms with E-state index in [1.165, 1.54) is 11.0 Å². The van der Waals surface area contributed by atoms with Crippen molar-refractivity contribution in [2.45, 2.75) is 49.9 Å². The van der Waals surface area contributed by atoms with E-state index in [0.29, 0.717) is 48.8 Å². The van der Waals surface area contributed by atoms with Crippen molar-refractivity contribution in [3.63, 3.8) is 0 Å². The summed E-state index contributed by atoms with van der Waals surface area (Å²) in [6, 6.07) is 10.7. The third kappa shape index (κ3) is 8.33. The minimum atomic E-state index is -5.08. The van der Waals surface area contributed by atoms with Crippen molar-refractivity contribution < 1.29 is 55.6 Å². The summed E-state index contributed by atoms with van der Waals surface area (Å²) in [5.74, 6) is -5.84. The molecule has 0 spiro atoms. The molecule has 40 heavy (non-hydrogen) atoms. The Morgan fingerprint density at radius 3 is 2.12 bits per heavy atom. The van der Waals surface area contributed by atoms with Crippen molar-refractivity contribution >= 4 is 23.3 Å². The lowest BCUT2D eigenvalue weighted by Gasteiger charge is -2.34. The highest BCUT2D eigenvalue weighted by atomic mass is 19.4. The lowest BCUT2D eigenvalue weighted by molar-refractivity contribution is -0.192. The molecule has 0 saturated carbocycles. The third-order valence-corrected chi connectivity index (χ3v) is 6.44. The molecule has 2 N–H and O–H groups in total. The summed E-state index contributed by atoms with van der Waals surface area (Å²) in [5, 5.41) is 16.2. The van der Waals surface area contributed by atoms with Crippen molar-refractivity contribution in [2.75, 3.05) is 36.5 Å². The molecule has 220 valence electrons. The number of carboxylic acid groups (broad SMARTS) is 2. The highest BCUT2D eigenvalue weighted by Crippen LogP contribution is 2.37. The Bertz CT molecular complexity index is 1170. The Hall–Kier alpha value is -3.84. The molecule has 2 aromatic rings. The molecule has 2 fully saturated rings. The first-order chi connectivity index (χ1) is 18.7. The molecule has 2 heterocycles. The monoisotopic (exact) mass is 578 g/mol. The minimum Gasteiger partial charge on any atom is -0.497 e. The van der Waals surface area contributed by atoms with Crippen LogP contribution in [0.2, 0.25) is 0 Å². The van der Waals surface area contributed by atoms with E-state index in [-0.39, 0.29) is 18.3 Å². The summed E-state index contributed by atoms with van der Waals surface area (Å²) in [4.78, 5) is 23.4. The number of ether oxygens (including phenoxy) is 2. The van der Waals surface area contributed by atoms with E-state index in [0.717, 1.165) is 0 Å². The van der Waals surface area contributed by atoms with E-state index >= 15 is 0 Å². The topological polar surface area (TPSA) is 99.5 Å². The van der Waals surface area contributed by atoms with Crippen LogP contribution in [0.4, 0.5) is 37.7 Å². The lowest BCUT2D eigenvalue weighted by atomic mass is 10.1. The SMILES string of the molecule is COc1ccc(F)c(N2CCC(Oc3ccc(N4CC(F)(F)C[C@@H]4CC(=O)O)cc3)CC2)c1.O=C(O)C(F)(F)F. The molecule has 4 rings (SSSR count). The van der Waals surface area contributed by atoms with Crippen LogP contribution >= 0.6 is 0 Å². The van der Waals surface area contributed by atoms with Gasteiger partial charge in [0.1, 0.15) is 23.4 Å². The molecular weight excluding hydrogens is 550 g/mol. The van der Waals surface area contributed by atoms with Crippen LogP contribution in [-0.2, 0) is 9.59 Å². The van der Waals surface area contributed by atoms with E-state index in [2.05, 4.69) is 0 Å². The molecule has 0 aromatic heterocycles.